The monoisotopic (exact) mass is 254 g/mol. The minimum Gasteiger partial charge on any atom is -0.444 e. The predicted octanol–water partition coefficient (Wildman–Crippen LogP) is 2.94. The van der Waals surface area contributed by atoms with Gasteiger partial charge in [-0.05, 0) is 5.56 Å². The third-order valence-electron chi connectivity index (χ3n) is 2.50. The molecular formula is C15H14N2O2. The van der Waals surface area contributed by atoms with E-state index in [4.69, 9.17) is 10.1 Å². The molecule has 2 N–H and O–H groups in total. The lowest BCUT2D eigenvalue weighted by atomic mass is 10.2. The Balaban J connectivity index is 1.83. The minimum absolute atomic E-state index is 0.0265. The van der Waals surface area contributed by atoms with E-state index < -0.39 is 6.09 Å². The normalized spacial score (nSPS) is 9.68. The van der Waals surface area contributed by atoms with E-state index in [9.17, 15) is 4.79 Å². The van der Waals surface area contributed by atoms with Gasteiger partial charge in [-0.15, -0.1) is 0 Å². The van der Waals surface area contributed by atoms with E-state index in [0.29, 0.717) is 5.56 Å². The van der Waals surface area contributed by atoms with Gasteiger partial charge in [-0.2, -0.15) is 0 Å². The van der Waals surface area contributed by atoms with Crippen LogP contribution < -0.4 is 5.32 Å². The first-order valence-corrected chi connectivity index (χ1v) is 5.87. The van der Waals surface area contributed by atoms with Crippen LogP contribution in [0, 0.1) is 5.41 Å². The molecule has 0 saturated heterocycles. The highest BCUT2D eigenvalue weighted by Gasteiger charge is 2.07. The molecule has 0 aliphatic rings. The van der Waals surface area contributed by atoms with Crippen LogP contribution in [-0.2, 0) is 11.3 Å². The highest BCUT2D eigenvalue weighted by atomic mass is 16.5. The number of carbonyl (C=O) groups excluding carboxylic acids is 1. The summed E-state index contributed by atoms with van der Waals surface area (Å²) in [5, 5.41) is 10.1. The zero-order chi connectivity index (χ0) is 13.5. The number of nitrogens with one attached hydrogen (secondary N) is 2. The van der Waals surface area contributed by atoms with E-state index in [1.807, 2.05) is 36.4 Å². The molecule has 0 spiro atoms. The Bertz CT molecular complexity index is 553. The van der Waals surface area contributed by atoms with Gasteiger partial charge >= 0.3 is 6.09 Å². The second kappa shape index (κ2) is 6.35. The molecule has 0 unspecified atom stereocenters. The van der Waals surface area contributed by atoms with Crippen molar-refractivity contribution in [2.45, 2.75) is 6.61 Å². The van der Waals surface area contributed by atoms with Gasteiger partial charge in [0.1, 0.15) is 12.4 Å². The topological polar surface area (TPSA) is 62.2 Å². The molecule has 1 amide bonds. The van der Waals surface area contributed by atoms with Crippen molar-refractivity contribution in [1.29, 1.82) is 5.41 Å². The molecule has 0 saturated carbocycles. The largest absolute Gasteiger partial charge is 0.444 e. The Labute approximate surface area is 111 Å². The van der Waals surface area contributed by atoms with Gasteiger partial charge in [-0.25, -0.2) is 4.79 Å². The Hall–Kier alpha value is -2.62. The van der Waals surface area contributed by atoms with Crippen molar-refractivity contribution in [3.8, 4) is 0 Å². The van der Waals surface area contributed by atoms with E-state index in [2.05, 4.69) is 5.32 Å². The van der Waals surface area contributed by atoms with Crippen LogP contribution in [0.1, 0.15) is 11.1 Å². The van der Waals surface area contributed by atoms with Crippen molar-refractivity contribution < 1.29 is 9.53 Å². The number of amidine groups is 1. The van der Waals surface area contributed by atoms with E-state index in [-0.39, 0.29) is 12.4 Å². The summed E-state index contributed by atoms with van der Waals surface area (Å²) in [6.07, 6.45) is -0.627. The van der Waals surface area contributed by atoms with E-state index in [1.54, 1.807) is 24.3 Å². The van der Waals surface area contributed by atoms with Crippen LogP contribution in [0.5, 0.6) is 0 Å². The Morgan fingerprint density at radius 2 is 1.58 bits per heavy atom. The van der Waals surface area contributed by atoms with Gasteiger partial charge in [0, 0.05) is 5.56 Å². The number of rotatable bonds is 3. The van der Waals surface area contributed by atoms with Crippen molar-refractivity contribution in [2.75, 3.05) is 0 Å². The number of benzene rings is 2. The summed E-state index contributed by atoms with van der Waals surface area (Å²) in [5.41, 5.74) is 1.54. The van der Waals surface area contributed by atoms with Crippen LogP contribution in [-0.4, -0.2) is 11.9 Å². The molecule has 4 nitrogen and oxygen atoms in total. The molecular weight excluding hydrogens is 240 g/mol. The molecule has 0 heterocycles. The van der Waals surface area contributed by atoms with Crippen LogP contribution >= 0.6 is 0 Å². The molecule has 0 atom stereocenters. The van der Waals surface area contributed by atoms with Crippen LogP contribution in [0.25, 0.3) is 0 Å². The van der Waals surface area contributed by atoms with Gasteiger partial charge in [0.15, 0.2) is 0 Å². The number of carbonyl (C=O) groups is 1. The van der Waals surface area contributed by atoms with Crippen molar-refractivity contribution in [3.05, 3.63) is 71.8 Å². The molecule has 2 aromatic carbocycles. The highest BCUT2D eigenvalue weighted by molar-refractivity contribution is 6.04. The van der Waals surface area contributed by atoms with Gasteiger partial charge in [0.05, 0.1) is 0 Å². The minimum atomic E-state index is -0.627. The standard InChI is InChI=1S/C15H14N2O2/c16-14(13-9-5-2-6-10-13)17-15(18)19-11-12-7-3-1-4-8-12/h1-10H,11H2,(H2,16,17,18). The van der Waals surface area contributed by atoms with E-state index >= 15 is 0 Å². The Morgan fingerprint density at radius 1 is 1.00 bits per heavy atom. The van der Waals surface area contributed by atoms with Crippen molar-refractivity contribution in [1.82, 2.24) is 5.32 Å². The molecule has 0 aliphatic carbocycles. The fourth-order valence-electron chi connectivity index (χ4n) is 1.54. The molecule has 4 heteroatoms. The molecule has 0 bridgehead atoms. The molecule has 2 aromatic rings. The molecule has 0 aliphatic heterocycles. The summed E-state index contributed by atoms with van der Waals surface area (Å²) in [6.45, 7) is 0.189. The highest BCUT2D eigenvalue weighted by Crippen LogP contribution is 2.01. The molecule has 96 valence electrons. The van der Waals surface area contributed by atoms with Crippen molar-refractivity contribution in [3.63, 3.8) is 0 Å². The first-order chi connectivity index (χ1) is 9.25. The molecule has 0 radical (unpaired) electrons. The van der Waals surface area contributed by atoms with Gasteiger partial charge in [-0.1, -0.05) is 60.7 Å². The molecule has 2 rings (SSSR count). The van der Waals surface area contributed by atoms with E-state index in [0.717, 1.165) is 5.56 Å². The fraction of sp³-hybridized carbons (Fsp3) is 0.0667. The summed E-state index contributed by atoms with van der Waals surface area (Å²) < 4.78 is 5.03. The Kier molecular flexibility index (Phi) is 4.29. The lowest BCUT2D eigenvalue weighted by molar-refractivity contribution is 0.145. The van der Waals surface area contributed by atoms with E-state index in [1.165, 1.54) is 0 Å². The predicted molar refractivity (Wildman–Crippen MR) is 73.0 cm³/mol. The third kappa shape index (κ3) is 3.96. The van der Waals surface area contributed by atoms with Gasteiger partial charge < -0.3 is 4.74 Å². The summed E-state index contributed by atoms with van der Waals surface area (Å²) >= 11 is 0. The lowest BCUT2D eigenvalue weighted by Gasteiger charge is -2.08. The average molecular weight is 254 g/mol. The first-order valence-electron chi connectivity index (χ1n) is 5.87. The first kappa shape index (κ1) is 12.8. The van der Waals surface area contributed by atoms with Crippen LogP contribution in [0.15, 0.2) is 60.7 Å². The molecule has 0 fully saturated rings. The number of amides is 1. The maximum atomic E-state index is 11.5. The van der Waals surface area contributed by atoms with Crippen molar-refractivity contribution in [2.24, 2.45) is 0 Å². The molecule has 19 heavy (non-hydrogen) atoms. The SMILES string of the molecule is N=C(NC(=O)OCc1ccccc1)c1ccccc1. The van der Waals surface area contributed by atoms with Crippen LogP contribution in [0.3, 0.4) is 0 Å². The smallest absolute Gasteiger partial charge is 0.413 e. The fourth-order valence-corrected chi connectivity index (χ4v) is 1.54. The molecule has 0 aromatic heterocycles. The van der Waals surface area contributed by atoms with Gasteiger partial charge in [0.2, 0.25) is 0 Å². The quantitative estimate of drug-likeness (QED) is 0.653. The summed E-state index contributed by atoms with van der Waals surface area (Å²) in [4.78, 5) is 11.5. The van der Waals surface area contributed by atoms with Crippen LogP contribution in [0.4, 0.5) is 4.79 Å². The second-order valence-electron chi connectivity index (χ2n) is 3.93. The number of hydrogen-bond donors (Lipinski definition) is 2. The third-order valence-corrected chi connectivity index (χ3v) is 2.50. The number of hydrogen-bond acceptors (Lipinski definition) is 3. The van der Waals surface area contributed by atoms with Crippen molar-refractivity contribution >= 4 is 11.9 Å². The number of alkyl carbamates (subject to hydrolysis) is 1. The maximum absolute atomic E-state index is 11.5. The average Bonchev–Trinajstić information content (AvgIpc) is 2.47. The second-order valence-corrected chi connectivity index (χ2v) is 3.93. The number of ether oxygens (including phenoxy) is 1. The Morgan fingerprint density at radius 3 is 2.21 bits per heavy atom. The van der Waals surface area contributed by atoms with Gasteiger partial charge in [0.25, 0.3) is 0 Å². The van der Waals surface area contributed by atoms with Gasteiger partial charge in [-0.3, -0.25) is 10.7 Å². The lowest BCUT2D eigenvalue weighted by Crippen LogP contribution is -2.30. The zero-order valence-electron chi connectivity index (χ0n) is 10.3. The maximum Gasteiger partial charge on any atom is 0.413 e. The zero-order valence-corrected chi connectivity index (χ0v) is 10.3. The summed E-state index contributed by atoms with van der Waals surface area (Å²) in [5.74, 6) is 0.0265. The summed E-state index contributed by atoms with van der Waals surface area (Å²) in [6, 6.07) is 18.4. The summed E-state index contributed by atoms with van der Waals surface area (Å²) in [7, 11) is 0. The van der Waals surface area contributed by atoms with Crippen LogP contribution in [0.2, 0.25) is 0 Å².